The Kier molecular flexibility index (Phi) is 4.76. The summed E-state index contributed by atoms with van der Waals surface area (Å²) in [4.78, 5) is 38.6. The van der Waals surface area contributed by atoms with E-state index in [1.54, 1.807) is 0 Å². The predicted octanol–water partition coefficient (Wildman–Crippen LogP) is 1.28. The van der Waals surface area contributed by atoms with Crippen molar-refractivity contribution in [1.29, 1.82) is 0 Å². The van der Waals surface area contributed by atoms with Gasteiger partial charge in [0.2, 0.25) is 11.8 Å². The van der Waals surface area contributed by atoms with Gasteiger partial charge in [0.25, 0.3) is 0 Å². The number of aryl methyl sites for hydroxylation is 1. The minimum Gasteiger partial charge on any atom is -0.369 e. The maximum atomic E-state index is 12.9. The summed E-state index contributed by atoms with van der Waals surface area (Å²) in [5.74, 6) is -0.594. The second kappa shape index (κ2) is 7.19. The predicted molar refractivity (Wildman–Crippen MR) is 98.2 cm³/mol. The molecule has 1 aromatic rings. The lowest BCUT2D eigenvalue weighted by atomic mass is 9.76. The molecule has 0 saturated carbocycles. The molecule has 1 unspecified atom stereocenters. The number of benzene rings is 1. The van der Waals surface area contributed by atoms with Crippen molar-refractivity contribution >= 4 is 23.3 Å². The lowest BCUT2D eigenvalue weighted by molar-refractivity contribution is -0.136. The van der Waals surface area contributed by atoms with Gasteiger partial charge in [0.15, 0.2) is 5.78 Å². The molecule has 138 valence electrons. The summed E-state index contributed by atoms with van der Waals surface area (Å²) >= 11 is 0. The molecule has 1 aromatic carbocycles. The Morgan fingerprint density at radius 3 is 2.54 bits per heavy atom. The summed E-state index contributed by atoms with van der Waals surface area (Å²) in [5, 5.41) is 5.75. The van der Waals surface area contributed by atoms with E-state index in [4.69, 9.17) is 0 Å². The van der Waals surface area contributed by atoms with E-state index in [9.17, 15) is 14.4 Å². The molecule has 3 aliphatic rings. The fraction of sp³-hybridized carbons (Fsp3) is 0.550. The fourth-order valence-electron chi connectivity index (χ4n) is 4.36. The van der Waals surface area contributed by atoms with Crippen LogP contribution < -0.4 is 15.5 Å². The molecule has 0 bridgehead atoms. The molecular weight excluding hydrogens is 330 g/mol. The van der Waals surface area contributed by atoms with Crippen molar-refractivity contribution in [3.05, 3.63) is 29.3 Å². The van der Waals surface area contributed by atoms with Crippen molar-refractivity contribution in [3.8, 4) is 0 Å². The van der Waals surface area contributed by atoms with Gasteiger partial charge in [-0.2, -0.15) is 0 Å². The molecule has 2 atom stereocenters. The number of nitrogens with one attached hydrogen (secondary N) is 2. The van der Waals surface area contributed by atoms with Crippen molar-refractivity contribution in [1.82, 2.24) is 10.6 Å². The monoisotopic (exact) mass is 355 g/mol. The van der Waals surface area contributed by atoms with Gasteiger partial charge < -0.3 is 10.2 Å². The van der Waals surface area contributed by atoms with Crippen molar-refractivity contribution < 1.29 is 14.4 Å². The van der Waals surface area contributed by atoms with Crippen LogP contribution in [-0.2, 0) is 16.0 Å². The second-order valence-corrected chi connectivity index (χ2v) is 7.56. The molecule has 6 heteroatoms. The summed E-state index contributed by atoms with van der Waals surface area (Å²) in [7, 11) is 0. The molecule has 4 rings (SSSR count). The number of amides is 2. The molecule has 1 aliphatic carbocycles. The van der Waals surface area contributed by atoms with Gasteiger partial charge in [-0.1, -0.05) is 0 Å². The van der Waals surface area contributed by atoms with Crippen LogP contribution in [0.4, 0.5) is 5.69 Å². The van der Waals surface area contributed by atoms with E-state index in [2.05, 4.69) is 27.7 Å². The molecule has 0 aromatic heterocycles. The summed E-state index contributed by atoms with van der Waals surface area (Å²) < 4.78 is 0. The standard InChI is InChI=1S/C20H25N3O3/c24-18-6-3-15(20(26)22-18)11-14-2-1-13-12-16(4-5-17(13)19(14)25)23-9-7-21-8-10-23/h4-5,12,14-15,21H,1-3,6-11H2,(H,22,24,26)/t14?,15-/m1/s1. The number of carbonyl (C=O) groups is 3. The van der Waals surface area contributed by atoms with Gasteiger partial charge in [0.05, 0.1) is 0 Å². The van der Waals surface area contributed by atoms with Crippen molar-refractivity contribution in [2.75, 3.05) is 31.1 Å². The molecule has 2 N–H and O–H groups in total. The molecule has 26 heavy (non-hydrogen) atoms. The van der Waals surface area contributed by atoms with Gasteiger partial charge >= 0.3 is 0 Å². The van der Waals surface area contributed by atoms with Crippen LogP contribution >= 0.6 is 0 Å². The van der Waals surface area contributed by atoms with Crippen LogP contribution in [0.25, 0.3) is 0 Å². The highest BCUT2D eigenvalue weighted by Gasteiger charge is 2.34. The number of piperazine rings is 1. The molecule has 2 saturated heterocycles. The third-order valence-electron chi connectivity index (χ3n) is 5.89. The van der Waals surface area contributed by atoms with E-state index in [1.807, 2.05) is 6.07 Å². The molecule has 6 nitrogen and oxygen atoms in total. The minimum atomic E-state index is -0.219. The molecule has 2 aliphatic heterocycles. The number of hydrogen-bond acceptors (Lipinski definition) is 5. The molecule has 2 heterocycles. The van der Waals surface area contributed by atoms with E-state index >= 15 is 0 Å². The van der Waals surface area contributed by atoms with E-state index in [1.165, 1.54) is 5.69 Å². The normalized spacial score (nSPS) is 26.5. The van der Waals surface area contributed by atoms with Gasteiger partial charge in [-0.3, -0.25) is 19.7 Å². The second-order valence-electron chi connectivity index (χ2n) is 7.56. The van der Waals surface area contributed by atoms with Crippen LogP contribution in [0.15, 0.2) is 18.2 Å². The zero-order valence-corrected chi connectivity index (χ0v) is 14.9. The van der Waals surface area contributed by atoms with E-state index in [-0.39, 0.29) is 29.4 Å². The summed E-state index contributed by atoms with van der Waals surface area (Å²) in [6.07, 6.45) is 3.15. The lowest BCUT2D eigenvalue weighted by Crippen LogP contribution is -2.43. The number of imide groups is 1. The number of ketones is 1. The zero-order valence-electron chi connectivity index (χ0n) is 14.9. The highest BCUT2D eigenvalue weighted by atomic mass is 16.2. The Bertz CT molecular complexity index is 740. The van der Waals surface area contributed by atoms with Crippen molar-refractivity contribution in [3.63, 3.8) is 0 Å². The number of piperidine rings is 1. The average Bonchev–Trinajstić information content (AvgIpc) is 2.66. The fourth-order valence-corrected chi connectivity index (χ4v) is 4.36. The molecule has 2 amide bonds. The molecule has 0 radical (unpaired) electrons. The molecule has 0 spiro atoms. The SMILES string of the molecule is O=C1CC[C@H](CC2CCc3cc(N4CCNCC4)ccc3C2=O)C(=O)N1. The first kappa shape index (κ1) is 17.2. The topological polar surface area (TPSA) is 78.5 Å². The highest BCUT2D eigenvalue weighted by molar-refractivity contribution is 6.02. The number of anilines is 1. The van der Waals surface area contributed by atoms with Crippen LogP contribution in [0, 0.1) is 11.8 Å². The largest absolute Gasteiger partial charge is 0.369 e. The zero-order chi connectivity index (χ0) is 18.1. The summed E-state index contributed by atoms with van der Waals surface area (Å²) in [5.41, 5.74) is 3.14. The maximum Gasteiger partial charge on any atom is 0.229 e. The number of fused-ring (bicyclic) bond motifs is 1. The first-order valence-electron chi connectivity index (χ1n) is 9.58. The smallest absolute Gasteiger partial charge is 0.229 e. The molecular formula is C20H25N3O3. The Morgan fingerprint density at radius 2 is 1.77 bits per heavy atom. The number of hydrogen-bond donors (Lipinski definition) is 2. The number of Topliss-reactive ketones (excluding diaryl/α,β-unsaturated/α-hetero) is 1. The van der Waals surface area contributed by atoms with Crippen molar-refractivity contribution in [2.45, 2.75) is 32.1 Å². The number of nitrogens with zero attached hydrogens (tertiary/aromatic N) is 1. The van der Waals surface area contributed by atoms with Gasteiger partial charge in [-0.15, -0.1) is 0 Å². The lowest BCUT2D eigenvalue weighted by Gasteiger charge is -2.32. The van der Waals surface area contributed by atoms with Crippen LogP contribution in [0.2, 0.25) is 0 Å². The Hall–Kier alpha value is -2.21. The minimum absolute atomic E-state index is 0.114. The Balaban J connectivity index is 1.46. The van der Waals surface area contributed by atoms with E-state index in [0.29, 0.717) is 19.3 Å². The van der Waals surface area contributed by atoms with Gasteiger partial charge in [0.1, 0.15) is 0 Å². The van der Waals surface area contributed by atoms with Gasteiger partial charge in [-0.05, 0) is 49.4 Å². The summed E-state index contributed by atoms with van der Waals surface area (Å²) in [6, 6.07) is 6.18. The van der Waals surface area contributed by atoms with Crippen molar-refractivity contribution in [2.24, 2.45) is 11.8 Å². The quantitative estimate of drug-likeness (QED) is 0.799. The molecule has 2 fully saturated rings. The third-order valence-corrected chi connectivity index (χ3v) is 5.89. The van der Waals surface area contributed by atoms with E-state index < -0.39 is 0 Å². The summed E-state index contributed by atoms with van der Waals surface area (Å²) in [6.45, 7) is 3.96. The Labute approximate surface area is 153 Å². The average molecular weight is 355 g/mol. The van der Waals surface area contributed by atoms with Gasteiger partial charge in [0, 0.05) is 55.7 Å². The third kappa shape index (κ3) is 3.38. The van der Waals surface area contributed by atoms with Crippen LogP contribution in [0.1, 0.15) is 41.6 Å². The van der Waals surface area contributed by atoms with Crippen LogP contribution in [0.5, 0.6) is 0 Å². The number of rotatable bonds is 3. The number of carbonyl (C=O) groups excluding carboxylic acids is 3. The van der Waals surface area contributed by atoms with Gasteiger partial charge in [-0.25, -0.2) is 0 Å². The van der Waals surface area contributed by atoms with Crippen LogP contribution in [0.3, 0.4) is 0 Å². The highest BCUT2D eigenvalue weighted by Crippen LogP contribution is 2.33. The van der Waals surface area contributed by atoms with E-state index in [0.717, 1.165) is 50.1 Å². The first-order chi connectivity index (χ1) is 12.6. The maximum absolute atomic E-state index is 12.9. The first-order valence-corrected chi connectivity index (χ1v) is 9.58. The Morgan fingerprint density at radius 1 is 1.00 bits per heavy atom. The van der Waals surface area contributed by atoms with Crippen LogP contribution in [-0.4, -0.2) is 43.8 Å².